The van der Waals surface area contributed by atoms with Crippen LogP contribution in [0.1, 0.15) is 12.8 Å². The predicted molar refractivity (Wildman–Crippen MR) is 75.1 cm³/mol. The molecule has 1 atom stereocenters. The first-order chi connectivity index (χ1) is 9.16. The van der Waals surface area contributed by atoms with Gasteiger partial charge in [-0.15, -0.1) is 0 Å². The van der Waals surface area contributed by atoms with Gasteiger partial charge in [-0.05, 0) is 37.6 Å². The van der Waals surface area contributed by atoms with E-state index >= 15 is 0 Å². The van der Waals surface area contributed by atoms with E-state index in [1.54, 1.807) is 11.9 Å². The number of aryl methyl sites for hydroxylation is 1. The normalized spacial score (nSPS) is 18.9. The van der Waals surface area contributed by atoms with Crippen LogP contribution in [0.25, 0.3) is 11.0 Å². The Labute approximate surface area is 112 Å². The van der Waals surface area contributed by atoms with Gasteiger partial charge >= 0.3 is 0 Å². The van der Waals surface area contributed by atoms with Gasteiger partial charge in [0, 0.05) is 25.7 Å². The Kier molecular flexibility index (Phi) is 2.98. The van der Waals surface area contributed by atoms with Crippen molar-refractivity contribution in [1.29, 1.82) is 0 Å². The van der Waals surface area contributed by atoms with E-state index in [1.807, 2.05) is 36.0 Å². The van der Waals surface area contributed by atoms with Crippen LogP contribution in [-0.4, -0.2) is 35.1 Å². The van der Waals surface area contributed by atoms with Crippen LogP contribution in [0, 0.1) is 0 Å². The molecule has 1 fully saturated rings. The average molecular weight is 258 g/mol. The maximum atomic E-state index is 12.3. The molecule has 2 aromatic heterocycles. The van der Waals surface area contributed by atoms with Crippen LogP contribution < -0.4 is 10.2 Å². The van der Waals surface area contributed by atoms with Gasteiger partial charge in [0.15, 0.2) is 0 Å². The molecule has 5 heteroatoms. The minimum atomic E-state index is -0.0593. The standard InChI is InChI=1S/C14H18N4O/c1-17-9-7-10-5-6-12(16-13(10)17)18(2)14(19)11-4-3-8-15-11/h5-7,9,11,15H,3-4,8H2,1-2H3. The Hall–Kier alpha value is -1.88. The lowest BCUT2D eigenvalue weighted by molar-refractivity contribution is -0.120. The molecule has 0 aliphatic carbocycles. The van der Waals surface area contributed by atoms with E-state index in [1.165, 1.54) is 0 Å². The molecule has 100 valence electrons. The number of hydrogen-bond donors (Lipinski definition) is 1. The summed E-state index contributed by atoms with van der Waals surface area (Å²) in [6, 6.07) is 5.86. The van der Waals surface area contributed by atoms with Gasteiger partial charge < -0.3 is 9.88 Å². The van der Waals surface area contributed by atoms with E-state index < -0.39 is 0 Å². The SMILES string of the molecule is CN(C(=O)C1CCCN1)c1ccc2ccn(C)c2n1. The highest BCUT2D eigenvalue weighted by Crippen LogP contribution is 2.19. The third-order valence-electron chi connectivity index (χ3n) is 3.74. The molecule has 1 saturated heterocycles. The first kappa shape index (κ1) is 12.2. The zero-order valence-electron chi connectivity index (χ0n) is 11.3. The van der Waals surface area contributed by atoms with Crippen molar-refractivity contribution in [2.45, 2.75) is 18.9 Å². The molecule has 1 aliphatic rings. The number of fused-ring (bicyclic) bond motifs is 1. The molecule has 1 N–H and O–H groups in total. The first-order valence-electron chi connectivity index (χ1n) is 6.60. The fourth-order valence-electron chi connectivity index (χ4n) is 2.55. The van der Waals surface area contributed by atoms with Crippen molar-refractivity contribution in [2.75, 3.05) is 18.5 Å². The lowest BCUT2D eigenvalue weighted by atomic mass is 10.2. The molecule has 3 rings (SSSR count). The summed E-state index contributed by atoms with van der Waals surface area (Å²) < 4.78 is 1.96. The van der Waals surface area contributed by atoms with Crippen LogP contribution in [0.5, 0.6) is 0 Å². The van der Waals surface area contributed by atoms with Crippen LogP contribution >= 0.6 is 0 Å². The number of carbonyl (C=O) groups is 1. The second kappa shape index (κ2) is 4.66. The van der Waals surface area contributed by atoms with E-state index in [4.69, 9.17) is 0 Å². The van der Waals surface area contributed by atoms with Crippen molar-refractivity contribution in [3.05, 3.63) is 24.4 Å². The van der Waals surface area contributed by atoms with Crippen LogP contribution in [0.2, 0.25) is 0 Å². The molecule has 0 saturated carbocycles. The summed E-state index contributed by atoms with van der Waals surface area (Å²) >= 11 is 0. The van der Waals surface area contributed by atoms with Gasteiger partial charge in [0.25, 0.3) is 0 Å². The minimum absolute atomic E-state index is 0.0593. The number of amides is 1. The fraction of sp³-hybridized carbons (Fsp3) is 0.429. The van der Waals surface area contributed by atoms with Crippen LogP contribution in [-0.2, 0) is 11.8 Å². The highest BCUT2D eigenvalue weighted by molar-refractivity contribution is 5.96. The quantitative estimate of drug-likeness (QED) is 0.883. The summed E-state index contributed by atoms with van der Waals surface area (Å²) in [7, 11) is 3.75. The smallest absolute Gasteiger partial charge is 0.245 e. The van der Waals surface area contributed by atoms with Crippen molar-refractivity contribution in [1.82, 2.24) is 14.9 Å². The number of likely N-dealkylation sites (N-methyl/N-ethyl adjacent to an activating group) is 1. The second-order valence-electron chi connectivity index (χ2n) is 5.06. The average Bonchev–Trinajstić information content (AvgIpc) is 3.07. The molecule has 0 aromatic carbocycles. The lowest BCUT2D eigenvalue weighted by Gasteiger charge is -2.20. The van der Waals surface area contributed by atoms with Gasteiger partial charge in [0.05, 0.1) is 6.04 Å². The number of rotatable bonds is 2. The molecule has 1 aliphatic heterocycles. The number of hydrogen-bond acceptors (Lipinski definition) is 3. The van der Waals surface area contributed by atoms with Crippen LogP contribution in [0.4, 0.5) is 5.82 Å². The Morgan fingerprint density at radius 3 is 3.05 bits per heavy atom. The monoisotopic (exact) mass is 258 g/mol. The van der Waals surface area contributed by atoms with E-state index in [9.17, 15) is 4.79 Å². The third-order valence-corrected chi connectivity index (χ3v) is 3.74. The van der Waals surface area contributed by atoms with Gasteiger partial charge in [-0.1, -0.05) is 0 Å². The predicted octanol–water partition coefficient (Wildman–Crippen LogP) is 1.29. The highest BCUT2D eigenvalue weighted by atomic mass is 16.2. The van der Waals surface area contributed by atoms with Gasteiger partial charge in [-0.2, -0.15) is 0 Å². The van der Waals surface area contributed by atoms with Crippen molar-refractivity contribution >= 4 is 22.8 Å². The van der Waals surface area contributed by atoms with E-state index in [0.717, 1.165) is 30.4 Å². The Morgan fingerprint density at radius 1 is 1.47 bits per heavy atom. The van der Waals surface area contributed by atoms with Gasteiger partial charge in [-0.25, -0.2) is 4.98 Å². The molecule has 3 heterocycles. The summed E-state index contributed by atoms with van der Waals surface area (Å²) in [5.41, 5.74) is 0.900. The number of anilines is 1. The van der Waals surface area contributed by atoms with Crippen LogP contribution in [0.3, 0.4) is 0 Å². The maximum absolute atomic E-state index is 12.3. The Morgan fingerprint density at radius 2 is 2.32 bits per heavy atom. The Balaban J connectivity index is 1.89. The summed E-state index contributed by atoms with van der Waals surface area (Å²) in [5.74, 6) is 0.798. The maximum Gasteiger partial charge on any atom is 0.245 e. The molecule has 1 amide bonds. The summed E-state index contributed by atoms with van der Waals surface area (Å²) in [5, 5.41) is 4.32. The number of aromatic nitrogens is 2. The molecule has 5 nitrogen and oxygen atoms in total. The minimum Gasteiger partial charge on any atom is -0.336 e. The van der Waals surface area contributed by atoms with Gasteiger partial charge in [0.2, 0.25) is 5.91 Å². The van der Waals surface area contributed by atoms with Crippen LogP contribution in [0.15, 0.2) is 24.4 Å². The van der Waals surface area contributed by atoms with Gasteiger partial charge in [0.1, 0.15) is 11.5 Å². The molecular weight excluding hydrogens is 240 g/mol. The molecule has 0 spiro atoms. The van der Waals surface area contributed by atoms with E-state index in [-0.39, 0.29) is 11.9 Å². The zero-order valence-corrected chi connectivity index (χ0v) is 11.3. The number of nitrogens with zero attached hydrogens (tertiary/aromatic N) is 3. The van der Waals surface area contributed by atoms with Crippen molar-refractivity contribution in [2.24, 2.45) is 7.05 Å². The third kappa shape index (κ3) is 2.10. The highest BCUT2D eigenvalue weighted by Gasteiger charge is 2.26. The Bertz CT molecular complexity index is 613. The molecule has 19 heavy (non-hydrogen) atoms. The largest absolute Gasteiger partial charge is 0.336 e. The number of pyridine rings is 1. The molecule has 0 radical (unpaired) electrons. The molecular formula is C14H18N4O. The van der Waals surface area contributed by atoms with Crippen molar-refractivity contribution in [3.8, 4) is 0 Å². The number of nitrogens with one attached hydrogen (secondary N) is 1. The van der Waals surface area contributed by atoms with Gasteiger partial charge in [-0.3, -0.25) is 9.69 Å². The zero-order chi connectivity index (χ0) is 13.4. The second-order valence-corrected chi connectivity index (χ2v) is 5.06. The summed E-state index contributed by atoms with van der Waals surface area (Å²) in [6.45, 7) is 0.925. The van der Waals surface area contributed by atoms with Crippen molar-refractivity contribution < 1.29 is 4.79 Å². The summed E-state index contributed by atoms with van der Waals surface area (Å²) in [4.78, 5) is 18.5. The van der Waals surface area contributed by atoms with Crippen molar-refractivity contribution in [3.63, 3.8) is 0 Å². The van der Waals surface area contributed by atoms with E-state index in [0.29, 0.717) is 5.82 Å². The molecule has 1 unspecified atom stereocenters. The van der Waals surface area contributed by atoms with E-state index in [2.05, 4.69) is 10.3 Å². The number of carbonyl (C=O) groups excluding carboxylic acids is 1. The first-order valence-corrected chi connectivity index (χ1v) is 6.60. The topological polar surface area (TPSA) is 50.2 Å². The molecule has 2 aromatic rings. The lowest BCUT2D eigenvalue weighted by Crippen LogP contribution is -2.42. The molecule has 0 bridgehead atoms. The summed E-state index contributed by atoms with van der Waals surface area (Å²) in [6.07, 6.45) is 3.95. The fourth-order valence-corrected chi connectivity index (χ4v) is 2.55.